The highest BCUT2D eigenvalue weighted by Gasteiger charge is 2.22. The number of ketones is 1. The number of aromatic nitrogens is 1. The number of benzene rings is 1. The van der Waals surface area contributed by atoms with Crippen molar-refractivity contribution in [1.82, 2.24) is 4.57 Å². The fourth-order valence-corrected chi connectivity index (χ4v) is 3.16. The lowest BCUT2D eigenvalue weighted by atomic mass is 10.1. The van der Waals surface area contributed by atoms with Crippen LogP contribution in [0, 0.1) is 13.8 Å². The van der Waals surface area contributed by atoms with Gasteiger partial charge in [-0.3, -0.25) is 4.79 Å². The molecule has 1 aromatic carbocycles. The van der Waals surface area contributed by atoms with E-state index in [2.05, 4.69) is 38.3 Å². The number of aryl methyl sites for hydroxylation is 2. The number of ether oxygens (including phenoxy) is 1. The van der Waals surface area contributed by atoms with Gasteiger partial charge in [-0.05, 0) is 64.8 Å². The molecule has 0 aliphatic carbocycles. The first-order chi connectivity index (χ1) is 10.7. The molecule has 0 radical (unpaired) electrons. The first kappa shape index (κ1) is 17.3. The zero-order chi connectivity index (χ0) is 17.2. The third-order valence-corrected chi connectivity index (χ3v) is 4.08. The summed E-state index contributed by atoms with van der Waals surface area (Å²) in [5, 5.41) is 0. The molecule has 1 heterocycles. The van der Waals surface area contributed by atoms with Gasteiger partial charge in [0, 0.05) is 22.5 Å². The van der Waals surface area contributed by atoms with Crippen molar-refractivity contribution < 1.29 is 9.53 Å². The third-order valence-electron chi connectivity index (χ3n) is 4.08. The lowest BCUT2D eigenvalue weighted by Crippen LogP contribution is -2.24. The summed E-state index contributed by atoms with van der Waals surface area (Å²) in [7, 11) is 0. The van der Waals surface area contributed by atoms with Gasteiger partial charge < -0.3 is 9.30 Å². The van der Waals surface area contributed by atoms with Crippen molar-refractivity contribution in [2.24, 2.45) is 0 Å². The average Bonchev–Trinajstić information content (AvgIpc) is 2.79. The smallest absolute Gasteiger partial charge is 0.202 e. The number of Topliss-reactive ketones (excluding diaryl/α,β-unsaturated/α-hetero) is 1. The molecular weight excluding hydrogens is 286 g/mol. The zero-order valence-corrected chi connectivity index (χ0v) is 15.1. The van der Waals surface area contributed by atoms with Crippen LogP contribution in [-0.2, 0) is 12.0 Å². The van der Waals surface area contributed by atoms with Crippen molar-refractivity contribution in [1.29, 1.82) is 0 Å². The summed E-state index contributed by atoms with van der Waals surface area (Å²) in [6.07, 6.45) is 0.956. The van der Waals surface area contributed by atoms with E-state index < -0.39 is 0 Å². The van der Waals surface area contributed by atoms with Gasteiger partial charge in [-0.2, -0.15) is 0 Å². The predicted molar refractivity (Wildman–Crippen MR) is 94.5 cm³/mol. The first-order valence-electron chi connectivity index (χ1n) is 8.18. The van der Waals surface area contributed by atoms with Gasteiger partial charge in [0.15, 0.2) is 6.61 Å². The minimum Gasteiger partial charge on any atom is -0.485 e. The van der Waals surface area contributed by atoms with Crippen LogP contribution in [0.2, 0.25) is 0 Å². The van der Waals surface area contributed by atoms with Crippen molar-refractivity contribution in [3.8, 4) is 5.75 Å². The van der Waals surface area contributed by atoms with E-state index in [1.54, 1.807) is 0 Å². The Bertz CT molecular complexity index is 705. The maximum atomic E-state index is 12.5. The molecule has 0 N–H and O–H groups in total. The van der Waals surface area contributed by atoms with Crippen LogP contribution in [0.4, 0.5) is 0 Å². The molecule has 2 aromatic rings. The molecule has 0 saturated carbocycles. The number of hydrogen-bond acceptors (Lipinski definition) is 2. The summed E-state index contributed by atoms with van der Waals surface area (Å²) in [5.74, 6) is 0.776. The lowest BCUT2D eigenvalue weighted by molar-refractivity contribution is 0.0920. The molecule has 0 unspecified atom stereocenters. The molecule has 0 atom stereocenters. The molecule has 1 aromatic heterocycles. The molecule has 0 amide bonds. The predicted octanol–water partition coefficient (Wildman–Crippen LogP) is 4.68. The minimum atomic E-state index is -0.0387. The van der Waals surface area contributed by atoms with E-state index in [9.17, 15) is 4.79 Å². The van der Waals surface area contributed by atoms with Gasteiger partial charge in [-0.15, -0.1) is 0 Å². The topological polar surface area (TPSA) is 31.2 Å². The van der Waals surface area contributed by atoms with Gasteiger partial charge in [0.2, 0.25) is 5.78 Å². The largest absolute Gasteiger partial charge is 0.485 e. The Morgan fingerprint density at radius 2 is 1.87 bits per heavy atom. The highest BCUT2D eigenvalue weighted by Crippen LogP contribution is 2.25. The summed E-state index contributed by atoms with van der Waals surface area (Å²) >= 11 is 0. The van der Waals surface area contributed by atoms with E-state index >= 15 is 0 Å². The van der Waals surface area contributed by atoms with Gasteiger partial charge in [0.1, 0.15) is 5.75 Å². The SMILES string of the molecule is CCc1cccc(OCC(=O)c2cc(C)n(C(C)(C)C)c2C)c1. The fraction of sp³-hybridized carbons (Fsp3) is 0.450. The molecular formula is C20H27NO2. The van der Waals surface area contributed by atoms with Crippen molar-refractivity contribution in [2.75, 3.05) is 6.61 Å². The average molecular weight is 313 g/mol. The second-order valence-electron chi connectivity index (χ2n) is 7.00. The molecule has 23 heavy (non-hydrogen) atoms. The van der Waals surface area contributed by atoms with Crippen LogP contribution in [0.15, 0.2) is 30.3 Å². The van der Waals surface area contributed by atoms with Crippen LogP contribution in [0.25, 0.3) is 0 Å². The van der Waals surface area contributed by atoms with E-state index in [4.69, 9.17) is 4.74 Å². The molecule has 124 valence electrons. The van der Waals surface area contributed by atoms with E-state index in [0.29, 0.717) is 0 Å². The third kappa shape index (κ3) is 3.84. The first-order valence-corrected chi connectivity index (χ1v) is 8.18. The van der Waals surface area contributed by atoms with Crippen molar-refractivity contribution in [2.45, 2.75) is 53.5 Å². The normalized spacial score (nSPS) is 11.6. The minimum absolute atomic E-state index is 0.0236. The highest BCUT2D eigenvalue weighted by atomic mass is 16.5. The number of carbonyl (C=O) groups is 1. The summed E-state index contributed by atoms with van der Waals surface area (Å²) in [5.41, 5.74) is 4.03. The van der Waals surface area contributed by atoms with Crippen molar-refractivity contribution >= 4 is 5.78 Å². The monoisotopic (exact) mass is 313 g/mol. The Hall–Kier alpha value is -2.03. The Balaban J connectivity index is 2.15. The van der Waals surface area contributed by atoms with Crippen LogP contribution in [-0.4, -0.2) is 17.0 Å². The Labute approximate surface area is 139 Å². The van der Waals surface area contributed by atoms with E-state index in [1.807, 2.05) is 38.1 Å². The van der Waals surface area contributed by atoms with Gasteiger partial charge >= 0.3 is 0 Å². The standard InChI is InChI=1S/C20H27NO2/c1-7-16-9-8-10-17(12-16)23-13-19(22)18-11-14(2)21(15(18)3)20(4,5)6/h8-12H,7,13H2,1-6H3. The maximum Gasteiger partial charge on any atom is 0.202 e. The fourth-order valence-electron chi connectivity index (χ4n) is 3.16. The van der Waals surface area contributed by atoms with Crippen molar-refractivity contribution in [3.05, 3.63) is 52.8 Å². The Kier molecular flexibility index (Phi) is 4.98. The molecule has 0 aliphatic heterocycles. The second-order valence-corrected chi connectivity index (χ2v) is 7.00. The number of hydrogen-bond donors (Lipinski definition) is 0. The molecule has 2 rings (SSSR count). The zero-order valence-electron chi connectivity index (χ0n) is 15.1. The maximum absolute atomic E-state index is 12.5. The lowest BCUT2D eigenvalue weighted by Gasteiger charge is -2.25. The van der Waals surface area contributed by atoms with Crippen LogP contribution in [0.3, 0.4) is 0 Å². The highest BCUT2D eigenvalue weighted by molar-refractivity contribution is 5.98. The van der Waals surface area contributed by atoms with Gasteiger partial charge in [0.05, 0.1) is 0 Å². The van der Waals surface area contributed by atoms with E-state index in [-0.39, 0.29) is 17.9 Å². The van der Waals surface area contributed by atoms with Crippen LogP contribution >= 0.6 is 0 Å². The molecule has 0 bridgehead atoms. The van der Waals surface area contributed by atoms with Crippen LogP contribution < -0.4 is 4.74 Å². The quantitative estimate of drug-likeness (QED) is 0.750. The summed E-state index contributed by atoms with van der Waals surface area (Å²) in [6, 6.07) is 9.88. The molecule has 0 aliphatic rings. The molecule has 3 heteroatoms. The van der Waals surface area contributed by atoms with Crippen LogP contribution in [0.5, 0.6) is 5.75 Å². The number of carbonyl (C=O) groups excluding carboxylic acids is 1. The Morgan fingerprint density at radius 3 is 2.43 bits per heavy atom. The van der Waals surface area contributed by atoms with Gasteiger partial charge in [0.25, 0.3) is 0 Å². The molecule has 0 saturated heterocycles. The molecule has 0 fully saturated rings. The van der Waals surface area contributed by atoms with Crippen LogP contribution in [0.1, 0.15) is 55.0 Å². The van der Waals surface area contributed by atoms with Gasteiger partial charge in [-0.1, -0.05) is 19.1 Å². The summed E-state index contributed by atoms with van der Waals surface area (Å²) in [4.78, 5) is 12.5. The Morgan fingerprint density at radius 1 is 1.17 bits per heavy atom. The molecule has 0 spiro atoms. The van der Waals surface area contributed by atoms with Crippen molar-refractivity contribution in [3.63, 3.8) is 0 Å². The summed E-state index contributed by atoms with van der Waals surface area (Å²) in [6.45, 7) is 12.7. The molecule has 3 nitrogen and oxygen atoms in total. The van der Waals surface area contributed by atoms with E-state index in [0.717, 1.165) is 29.1 Å². The second kappa shape index (κ2) is 6.61. The number of rotatable bonds is 5. The number of nitrogens with zero attached hydrogens (tertiary/aromatic N) is 1. The van der Waals surface area contributed by atoms with Gasteiger partial charge in [-0.25, -0.2) is 0 Å². The summed E-state index contributed by atoms with van der Waals surface area (Å²) < 4.78 is 7.90. The van der Waals surface area contributed by atoms with E-state index in [1.165, 1.54) is 5.56 Å².